The van der Waals surface area contributed by atoms with Gasteiger partial charge in [-0.15, -0.1) is 0 Å². The first-order valence-corrected chi connectivity index (χ1v) is 10.6. The molecule has 0 saturated heterocycles. The van der Waals surface area contributed by atoms with Crippen molar-refractivity contribution in [1.82, 2.24) is 29.7 Å². The summed E-state index contributed by atoms with van der Waals surface area (Å²) in [4.78, 5) is 27.2. The highest BCUT2D eigenvalue weighted by atomic mass is 35.5. The zero-order chi connectivity index (χ0) is 22.5. The first-order valence-electron chi connectivity index (χ1n) is 10.2. The van der Waals surface area contributed by atoms with E-state index >= 15 is 0 Å². The lowest BCUT2D eigenvalue weighted by atomic mass is 9.80. The van der Waals surface area contributed by atoms with Gasteiger partial charge in [-0.2, -0.15) is 0 Å². The molecule has 1 aromatic carbocycles. The lowest BCUT2D eigenvalue weighted by molar-refractivity contribution is -0.0970. The molecular weight excluding hydrogens is 442 g/mol. The molecule has 1 saturated carbocycles. The third-order valence-corrected chi connectivity index (χ3v) is 6.20. The Morgan fingerprint density at radius 1 is 1.31 bits per heavy atom. The van der Waals surface area contributed by atoms with Gasteiger partial charge in [-0.25, -0.2) is 28.5 Å². The molecule has 0 radical (unpaired) electrons. The van der Waals surface area contributed by atoms with Crippen LogP contribution in [0, 0.1) is 11.8 Å². The first-order chi connectivity index (χ1) is 15.3. The van der Waals surface area contributed by atoms with E-state index in [9.17, 15) is 13.6 Å². The third-order valence-electron chi connectivity index (χ3n) is 5.97. The molecule has 0 unspecified atom stereocenters. The van der Waals surface area contributed by atoms with E-state index in [-0.39, 0.29) is 24.0 Å². The Balaban J connectivity index is 1.62. The van der Waals surface area contributed by atoms with Crippen LogP contribution in [0.4, 0.5) is 8.78 Å². The summed E-state index contributed by atoms with van der Waals surface area (Å²) in [5, 5.41) is 4.17. The van der Waals surface area contributed by atoms with Gasteiger partial charge in [-0.05, 0) is 30.9 Å². The molecule has 0 bridgehead atoms. The summed E-state index contributed by atoms with van der Waals surface area (Å²) in [6.45, 7) is 1.97. The van der Waals surface area contributed by atoms with Gasteiger partial charge in [0.05, 0.1) is 6.33 Å². The van der Waals surface area contributed by atoms with Crippen LogP contribution < -0.4 is 5.76 Å². The Morgan fingerprint density at radius 3 is 2.88 bits per heavy atom. The maximum atomic E-state index is 14.3. The minimum Gasteiger partial charge on any atom is -0.327 e. The van der Waals surface area contributed by atoms with Crippen LogP contribution in [0.25, 0.3) is 34.1 Å². The quantitative estimate of drug-likeness (QED) is 0.479. The predicted octanol–water partition coefficient (Wildman–Crippen LogP) is 4.56. The van der Waals surface area contributed by atoms with E-state index < -0.39 is 17.6 Å². The minimum absolute atomic E-state index is 0.0654. The first kappa shape index (κ1) is 20.7. The number of hydrogen-bond acceptors (Lipinski definition) is 6. The van der Waals surface area contributed by atoms with Crippen LogP contribution in [0.1, 0.15) is 26.2 Å². The average Bonchev–Trinajstić information content (AvgIpc) is 3.36. The van der Waals surface area contributed by atoms with Crippen LogP contribution in [0.5, 0.6) is 0 Å². The summed E-state index contributed by atoms with van der Waals surface area (Å²) >= 11 is 6.20. The number of nitrogens with one attached hydrogen (secondary N) is 1. The largest absolute Gasteiger partial charge is 0.439 e. The number of benzene rings is 1. The molecule has 1 aliphatic rings. The van der Waals surface area contributed by atoms with Crippen LogP contribution in [-0.2, 0) is 6.54 Å². The molecule has 1 fully saturated rings. The summed E-state index contributed by atoms with van der Waals surface area (Å²) < 4.78 is 35.0. The number of alkyl halides is 2. The topological polar surface area (TPSA) is 102 Å². The molecule has 8 nitrogen and oxygen atoms in total. The van der Waals surface area contributed by atoms with Crippen LogP contribution in [0.2, 0.25) is 5.02 Å². The van der Waals surface area contributed by atoms with Gasteiger partial charge >= 0.3 is 5.76 Å². The Kier molecular flexibility index (Phi) is 5.04. The monoisotopic (exact) mass is 460 g/mol. The van der Waals surface area contributed by atoms with Crippen molar-refractivity contribution in [2.24, 2.45) is 11.8 Å². The molecular formula is C21H19ClF2N6O2. The van der Waals surface area contributed by atoms with Gasteiger partial charge < -0.3 is 4.57 Å². The van der Waals surface area contributed by atoms with Crippen LogP contribution >= 0.6 is 11.6 Å². The van der Waals surface area contributed by atoms with Gasteiger partial charge in [0.2, 0.25) is 11.6 Å². The maximum absolute atomic E-state index is 14.3. The number of imidazole rings is 1. The standard InChI is InChI=1S/C21H19ClF2N6O2/c1-11-5-6-12(8-21(11,23)24)9-30-10-25-17-16(30)15(13-3-2-4-14(22)7-13)26-18(27-17)19-28-20(31)32-29-19/h2-4,7,10-12H,5-6,8-9H2,1H3,(H,28,29,31)/t11-,12-/m0/s1. The van der Waals surface area contributed by atoms with E-state index in [1.807, 2.05) is 10.6 Å². The van der Waals surface area contributed by atoms with Gasteiger partial charge in [0.25, 0.3) is 5.92 Å². The van der Waals surface area contributed by atoms with E-state index in [2.05, 4.69) is 29.6 Å². The molecule has 3 heterocycles. The second kappa shape index (κ2) is 7.77. The van der Waals surface area contributed by atoms with Crippen LogP contribution in [0.3, 0.4) is 0 Å². The zero-order valence-corrected chi connectivity index (χ0v) is 17.8. The maximum Gasteiger partial charge on any atom is 0.439 e. The summed E-state index contributed by atoms with van der Waals surface area (Å²) in [5.41, 5.74) is 2.15. The van der Waals surface area contributed by atoms with Crippen molar-refractivity contribution in [3.8, 4) is 22.9 Å². The number of halogens is 3. The number of hydrogen-bond donors (Lipinski definition) is 1. The second-order valence-corrected chi connectivity index (χ2v) is 8.66. The van der Waals surface area contributed by atoms with Gasteiger partial charge in [0.1, 0.15) is 11.2 Å². The molecule has 5 rings (SSSR count). The fourth-order valence-corrected chi connectivity index (χ4v) is 4.40. The number of H-pyrrole nitrogens is 1. The summed E-state index contributed by atoms with van der Waals surface area (Å²) in [7, 11) is 0. The lowest BCUT2D eigenvalue weighted by Crippen LogP contribution is -2.35. The highest BCUT2D eigenvalue weighted by Gasteiger charge is 2.42. The van der Waals surface area contributed by atoms with Crippen molar-refractivity contribution in [1.29, 1.82) is 0 Å². The third kappa shape index (κ3) is 3.79. The predicted molar refractivity (Wildman–Crippen MR) is 113 cm³/mol. The Bertz CT molecular complexity index is 1350. The Hall–Kier alpha value is -3.14. The number of aromatic nitrogens is 6. The van der Waals surface area contributed by atoms with Crippen molar-refractivity contribution < 1.29 is 13.3 Å². The molecule has 2 atom stereocenters. The number of aromatic amines is 1. The molecule has 11 heteroatoms. The molecule has 4 aromatic rings. The van der Waals surface area contributed by atoms with Crippen molar-refractivity contribution in [2.45, 2.75) is 38.7 Å². The van der Waals surface area contributed by atoms with Gasteiger partial charge in [0.15, 0.2) is 5.65 Å². The van der Waals surface area contributed by atoms with Gasteiger partial charge in [0, 0.05) is 29.5 Å². The SMILES string of the molecule is C[C@H]1CC[C@H](Cn2cnc3nc(-c4noc(=O)[nH]4)nc(-c4cccc(Cl)c4)c32)CC1(F)F. The number of rotatable bonds is 4. The Labute approximate surface area is 185 Å². The van der Waals surface area contributed by atoms with Crippen LogP contribution in [0.15, 0.2) is 39.9 Å². The van der Waals surface area contributed by atoms with Crippen LogP contribution in [-0.4, -0.2) is 35.6 Å². The van der Waals surface area contributed by atoms with Crippen molar-refractivity contribution in [2.75, 3.05) is 0 Å². The molecule has 32 heavy (non-hydrogen) atoms. The van der Waals surface area contributed by atoms with Crippen molar-refractivity contribution >= 4 is 22.8 Å². The molecule has 1 aliphatic carbocycles. The van der Waals surface area contributed by atoms with Gasteiger partial charge in [-0.3, -0.25) is 9.51 Å². The average molecular weight is 461 g/mol. The van der Waals surface area contributed by atoms with E-state index in [1.165, 1.54) is 0 Å². The second-order valence-electron chi connectivity index (χ2n) is 8.23. The minimum atomic E-state index is -2.68. The summed E-state index contributed by atoms with van der Waals surface area (Å²) in [5.74, 6) is -4.03. The van der Waals surface area contributed by atoms with E-state index in [1.54, 1.807) is 31.5 Å². The molecule has 0 spiro atoms. The highest BCUT2D eigenvalue weighted by Crippen LogP contribution is 2.42. The fraction of sp³-hybridized carbons (Fsp3) is 0.381. The smallest absolute Gasteiger partial charge is 0.327 e. The molecule has 0 amide bonds. The number of fused-ring (bicyclic) bond motifs is 1. The normalized spacial score (nSPS) is 20.6. The molecule has 166 valence electrons. The van der Waals surface area contributed by atoms with E-state index in [4.69, 9.17) is 11.6 Å². The molecule has 1 N–H and O–H groups in total. The van der Waals surface area contributed by atoms with Crippen molar-refractivity contribution in [3.05, 3.63) is 46.2 Å². The highest BCUT2D eigenvalue weighted by molar-refractivity contribution is 6.30. The lowest BCUT2D eigenvalue weighted by Gasteiger charge is -2.34. The summed E-state index contributed by atoms with van der Waals surface area (Å²) in [6.07, 6.45) is 2.60. The number of nitrogens with zero attached hydrogens (tertiary/aromatic N) is 5. The molecule has 0 aliphatic heterocycles. The Morgan fingerprint density at radius 2 is 2.16 bits per heavy atom. The van der Waals surface area contributed by atoms with Gasteiger partial charge in [-0.1, -0.05) is 35.8 Å². The van der Waals surface area contributed by atoms with Crippen molar-refractivity contribution in [3.63, 3.8) is 0 Å². The fourth-order valence-electron chi connectivity index (χ4n) is 4.21. The van der Waals surface area contributed by atoms with E-state index in [0.29, 0.717) is 46.8 Å². The summed E-state index contributed by atoms with van der Waals surface area (Å²) in [6, 6.07) is 7.10. The molecule has 3 aromatic heterocycles. The zero-order valence-electron chi connectivity index (χ0n) is 17.1. The van der Waals surface area contributed by atoms with E-state index in [0.717, 1.165) is 0 Å².